The van der Waals surface area contributed by atoms with Gasteiger partial charge in [-0.15, -0.1) is 0 Å². The highest BCUT2D eigenvalue weighted by Gasteiger charge is 2.70. The standard InChI is InChI=1S/C33H31F7O3/c1-6-30(7-2,25-11-10-22(20(3)16-25)14-15-31(42,32(35,36)37)33(38,39)40)26-12-13-27(21(4)17-26)23-8-9-24(28(34)18-23)19-29(41)43-5/h8-13,16-18,42H,6-7,19H2,1-5H3. The summed E-state index contributed by atoms with van der Waals surface area (Å²) < 4.78 is 97.7. The zero-order chi connectivity index (χ0) is 32.4. The minimum absolute atomic E-state index is 0.0824. The Morgan fingerprint density at radius 1 is 0.837 bits per heavy atom. The van der Waals surface area contributed by atoms with Gasteiger partial charge in [0.15, 0.2) is 0 Å². The molecule has 10 heteroatoms. The highest BCUT2D eigenvalue weighted by Crippen LogP contribution is 2.43. The number of halogens is 7. The van der Waals surface area contributed by atoms with Crippen LogP contribution in [-0.4, -0.2) is 36.1 Å². The van der Waals surface area contributed by atoms with Gasteiger partial charge in [-0.25, -0.2) is 4.39 Å². The van der Waals surface area contributed by atoms with Crippen molar-refractivity contribution in [3.63, 3.8) is 0 Å². The topological polar surface area (TPSA) is 46.5 Å². The normalized spacial score (nSPS) is 12.5. The minimum atomic E-state index is -6.04. The van der Waals surface area contributed by atoms with E-state index in [1.807, 2.05) is 44.9 Å². The maximum absolute atomic E-state index is 14.7. The first-order chi connectivity index (χ1) is 19.9. The van der Waals surface area contributed by atoms with E-state index in [0.29, 0.717) is 24.0 Å². The fourth-order valence-corrected chi connectivity index (χ4v) is 5.17. The number of alkyl halides is 6. The third-order valence-corrected chi connectivity index (χ3v) is 7.89. The Bertz CT molecular complexity index is 1540. The van der Waals surface area contributed by atoms with Crippen molar-refractivity contribution in [3.05, 3.63) is 93.8 Å². The molecule has 0 spiro atoms. The lowest BCUT2D eigenvalue weighted by molar-refractivity contribution is -0.343. The second-order valence-electron chi connectivity index (χ2n) is 10.4. The molecule has 0 aromatic heterocycles. The van der Waals surface area contributed by atoms with Crippen molar-refractivity contribution in [2.24, 2.45) is 0 Å². The van der Waals surface area contributed by atoms with Gasteiger partial charge in [0.2, 0.25) is 0 Å². The van der Waals surface area contributed by atoms with Crippen LogP contribution in [0, 0.1) is 31.5 Å². The molecule has 0 fully saturated rings. The molecule has 0 unspecified atom stereocenters. The maximum atomic E-state index is 14.7. The summed E-state index contributed by atoms with van der Waals surface area (Å²) in [5.41, 5.74) is -1.30. The summed E-state index contributed by atoms with van der Waals surface area (Å²) in [5, 5.41) is 9.39. The zero-order valence-electron chi connectivity index (χ0n) is 24.2. The van der Waals surface area contributed by atoms with Crippen LogP contribution in [0.4, 0.5) is 30.7 Å². The highest BCUT2D eigenvalue weighted by molar-refractivity contribution is 5.74. The number of hydrogen-bond acceptors (Lipinski definition) is 3. The summed E-state index contributed by atoms with van der Waals surface area (Å²) in [4.78, 5) is 11.5. The monoisotopic (exact) mass is 608 g/mol. The summed E-state index contributed by atoms with van der Waals surface area (Å²) in [6, 6.07) is 15.0. The summed E-state index contributed by atoms with van der Waals surface area (Å²) in [7, 11) is 1.23. The van der Waals surface area contributed by atoms with E-state index in [1.165, 1.54) is 32.2 Å². The number of rotatable bonds is 7. The number of aliphatic hydroxyl groups is 1. The lowest BCUT2D eigenvalue weighted by Gasteiger charge is -2.34. The van der Waals surface area contributed by atoms with Gasteiger partial charge in [-0.3, -0.25) is 4.79 Å². The Morgan fingerprint density at radius 3 is 1.86 bits per heavy atom. The fourth-order valence-electron chi connectivity index (χ4n) is 5.17. The lowest BCUT2D eigenvalue weighted by atomic mass is 9.69. The molecule has 0 atom stereocenters. The molecule has 0 heterocycles. The Kier molecular flexibility index (Phi) is 9.71. The maximum Gasteiger partial charge on any atom is 0.438 e. The van der Waals surface area contributed by atoms with Crippen molar-refractivity contribution in [2.45, 2.75) is 70.3 Å². The highest BCUT2D eigenvalue weighted by atomic mass is 19.4. The second-order valence-corrected chi connectivity index (χ2v) is 10.4. The van der Waals surface area contributed by atoms with Gasteiger partial charge >= 0.3 is 23.9 Å². The number of hydrogen-bond donors (Lipinski definition) is 1. The molecular weight excluding hydrogens is 577 g/mol. The van der Waals surface area contributed by atoms with E-state index in [1.54, 1.807) is 18.2 Å². The Balaban J connectivity index is 2.02. The van der Waals surface area contributed by atoms with Gasteiger partial charge in [-0.1, -0.05) is 62.2 Å². The molecule has 0 saturated heterocycles. The zero-order valence-corrected chi connectivity index (χ0v) is 24.2. The number of aryl methyl sites for hydroxylation is 2. The van der Waals surface area contributed by atoms with Crippen LogP contribution in [0.3, 0.4) is 0 Å². The van der Waals surface area contributed by atoms with Crippen molar-refractivity contribution in [2.75, 3.05) is 7.11 Å². The van der Waals surface area contributed by atoms with Crippen LogP contribution in [0.2, 0.25) is 0 Å². The molecule has 0 radical (unpaired) electrons. The summed E-state index contributed by atoms with van der Waals surface area (Å²) in [6.07, 6.45) is -11.0. The first kappa shape index (κ1) is 33.7. The molecule has 1 N–H and O–H groups in total. The molecule has 0 aliphatic carbocycles. The lowest BCUT2D eigenvalue weighted by Crippen LogP contribution is -2.55. The van der Waals surface area contributed by atoms with E-state index < -0.39 is 35.2 Å². The van der Waals surface area contributed by atoms with Crippen molar-refractivity contribution in [1.29, 1.82) is 0 Å². The summed E-state index contributed by atoms with van der Waals surface area (Å²) in [6.45, 7) is 7.34. The SMILES string of the molecule is CCC(CC)(c1ccc(C#CC(O)(C(F)(F)F)C(F)(F)F)c(C)c1)c1ccc(-c2ccc(CC(=O)OC)c(F)c2)c(C)c1. The van der Waals surface area contributed by atoms with E-state index in [0.717, 1.165) is 28.2 Å². The molecule has 0 saturated carbocycles. The number of methoxy groups -OCH3 is 1. The first-order valence-corrected chi connectivity index (χ1v) is 13.4. The molecule has 3 aromatic rings. The van der Waals surface area contributed by atoms with E-state index in [-0.39, 0.29) is 17.5 Å². The predicted octanol–water partition coefficient (Wildman–Crippen LogP) is 8.14. The van der Waals surface area contributed by atoms with Gasteiger partial charge in [0.1, 0.15) is 5.82 Å². The molecular formula is C33H31F7O3. The Hall–Kier alpha value is -3.84. The van der Waals surface area contributed by atoms with Gasteiger partial charge in [0, 0.05) is 11.0 Å². The largest absolute Gasteiger partial charge is 0.469 e. The van der Waals surface area contributed by atoms with Crippen LogP contribution in [0.15, 0.2) is 54.6 Å². The number of ether oxygens (including phenoxy) is 1. The van der Waals surface area contributed by atoms with Crippen molar-refractivity contribution >= 4 is 5.97 Å². The molecule has 230 valence electrons. The second kappa shape index (κ2) is 12.4. The van der Waals surface area contributed by atoms with Gasteiger partial charge in [0.05, 0.1) is 13.5 Å². The average molecular weight is 609 g/mol. The van der Waals surface area contributed by atoms with Gasteiger partial charge in [-0.05, 0) is 83.7 Å². The first-order valence-electron chi connectivity index (χ1n) is 13.4. The molecule has 3 rings (SSSR count). The molecule has 0 aliphatic heterocycles. The number of carbonyl (C=O) groups is 1. The van der Waals surface area contributed by atoms with Gasteiger partial charge < -0.3 is 9.84 Å². The predicted molar refractivity (Wildman–Crippen MR) is 149 cm³/mol. The Labute approximate surface area is 245 Å². The quantitative estimate of drug-likeness (QED) is 0.167. The molecule has 0 bridgehead atoms. The van der Waals surface area contributed by atoms with Crippen LogP contribution < -0.4 is 0 Å². The van der Waals surface area contributed by atoms with Crippen LogP contribution in [0.5, 0.6) is 0 Å². The molecule has 0 amide bonds. The van der Waals surface area contributed by atoms with Gasteiger partial charge in [0.25, 0.3) is 0 Å². The van der Waals surface area contributed by atoms with Crippen LogP contribution in [0.1, 0.15) is 60.1 Å². The number of esters is 1. The molecule has 0 aliphatic rings. The molecule has 3 nitrogen and oxygen atoms in total. The van der Waals surface area contributed by atoms with E-state index >= 15 is 0 Å². The summed E-state index contributed by atoms with van der Waals surface area (Å²) in [5.74, 6) is 1.80. The average Bonchev–Trinajstić information content (AvgIpc) is 2.93. The molecule has 3 aromatic carbocycles. The van der Waals surface area contributed by atoms with Crippen LogP contribution in [0.25, 0.3) is 11.1 Å². The Morgan fingerprint density at radius 2 is 1.40 bits per heavy atom. The van der Waals surface area contributed by atoms with Crippen molar-refractivity contribution in [3.8, 4) is 23.0 Å². The van der Waals surface area contributed by atoms with E-state index in [4.69, 9.17) is 0 Å². The van der Waals surface area contributed by atoms with E-state index in [2.05, 4.69) is 4.74 Å². The van der Waals surface area contributed by atoms with Crippen molar-refractivity contribution < 1.29 is 45.4 Å². The summed E-state index contributed by atoms with van der Waals surface area (Å²) >= 11 is 0. The van der Waals surface area contributed by atoms with Crippen LogP contribution >= 0.6 is 0 Å². The number of benzene rings is 3. The number of carbonyl (C=O) groups excluding carboxylic acids is 1. The van der Waals surface area contributed by atoms with Crippen molar-refractivity contribution in [1.82, 2.24) is 0 Å². The van der Waals surface area contributed by atoms with E-state index in [9.17, 15) is 40.6 Å². The van der Waals surface area contributed by atoms with Gasteiger partial charge in [-0.2, -0.15) is 26.3 Å². The van der Waals surface area contributed by atoms with Crippen LogP contribution in [-0.2, 0) is 21.4 Å². The fraction of sp³-hybridized carbons (Fsp3) is 0.364. The minimum Gasteiger partial charge on any atom is -0.469 e. The third-order valence-electron chi connectivity index (χ3n) is 7.89. The smallest absolute Gasteiger partial charge is 0.438 e. The third kappa shape index (κ3) is 6.57. The molecule has 43 heavy (non-hydrogen) atoms.